The molecule has 1 amide bonds. The third kappa shape index (κ3) is 6.76. The predicted octanol–water partition coefficient (Wildman–Crippen LogP) is 3.41. The number of anilines is 1. The average Bonchev–Trinajstić information content (AvgIpc) is 3.05. The second-order valence-corrected chi connectivity index (χ2v) is 7.96. The quantitative estimate of drug-likeness (QED) is 0.294. The highest BCUT2D eigenvalue weighted by Crippen LogP contribution is 2.26. The van der Waals surface area contributed by atoms with Crippen LogP contribution < -0.4 is 5.32 Å². The number of aryl methyl sites for hydroxylation is 2. The zero-order chi connectivity index (χ0) is 19.8. The lowest BCUT2D eigenvalue weighted by molar-refractivity contribution is -0.144. The molecule has 0 saturated carbocycles. The van der Waals surface area contributed by atoms with Crippen LogP contribution in [0.5, 0.6) is 0 Å². The van der Waals surface area contributed by atoms with Crippen molar-refractivity contribution in [3.8, 4) is 0 Å². The van der Waals surface area contributed by atoms with Crippen molar-refractivity contribution in [2.45, 2.75) is 38.0 Å². The van der Waals surface area contributed by atoms with Gasteiger partial charge in [0, 0.05) is 12.0 Å². The molecule has 0 atom stereocenters. The molecule has 144 valence electrons. The standard InChI is InChI=1S/C18H21N3O4S2/c1-4-25-16(24)8-7-15(23)19-17-20-21-18(27-17)26-10-14(22)13-6-5-11(2)9-12(13)3/h5-6,9H,4,7-8,10H2,1-3H3,(H,19,20,23). The van der Waals surface area contributed by atoms with Crippen LogP contribution in [-0.2, 0) is 14.3 Å². The van der Waals surface area contributed by atoms with Crippen molar-refractivity contribution in [2.24, 2.45) is 0 Å². The van der Waals surface area contributed by atoms with E-state index in [4.69, 9.17) is 4.74 Å². The van der Waals surface area contributed by atoms with Gasteiger partial charge in [-0.25, -0.2) is 0 Å². The Morgan fingerprint density at radius 2 is 1.96 bits per heavy atom. The highest BCUT2D eigenvalue weighted by atomic mass is 32.2. The molecule has 0 aliphatic rings. The van der Waals surface area contributed by atoms with Crippen molar-refractivity contribution >= 4 is 45.9 Å². The first kappa shape index (κ1) is 21.0. The van der Waals surface area contributed by atoms with Gasteiger partial charge in [-0.1, -0.05) is 46.9 Å². The van der Waals surface area contributed by atoms with Gasteiger partial charge in [-0.15, -0.1) is 10.2 Å². The largest absolute Gasteiger partial charge is 0.466 e. The Balaban J connectivity index is 1.82. The lowest BCUT2D eigenvalue weighted by Gasteiger charge is -2.04. The van der Waals surface area contributed by atoms with E-state index in [1.165, 1.54) is 23.1 Å². The molecule has 1 heterocycles. The summed E-state index contributed by atoms with van der Waals surface area (Å²) in [5.41, 5.74) is 2.77. The molecular formula is C18H21N3O4S2. The molecule has 1 aromatic heterocycles. The van der Waals surface area contributed by atoms with E-state index in [2.05, 4.69) is 15.5 Å². The van der Waals surface area contributed by atoms with Crippen molar-refractivity contribution in [1.29, 1.82) is 0 Å². The van der Waals surface area contributed by atoms with Crippen LogP contribution in [0.25, 0.3) is 0 Å². The topological polar surface area (TPSA) is 98.2 Å². The van der Waals surface area contributed by atoms with E-state index in [0.717, 1.165) is 11.1 Å². The number of thioether (sulfide) groups is 1. The Morgan fingerprint density at radius 3 is 2.67 bits per heavy atom. The Labute approximate surface area is 165 Å². The van der Waals surface area contributed by atoms with Crippen molar-refractivity contribution < 1.29 is 19.1 Å². The molecule has 2 rings (SSSR count). The molecule has 0 fully saturated rings. The van der Waals surface area contributed by atoms with Crippen LogP contribution in [0.2, 0.25) is 0 Å². The molecular weight excluding hydrogens is 386 g/mol. The van der Waals surface area contributed by atoms with E-state index in [-0.39, 0.29) is 36.9 Å². The van der Waals surface area contributed by atoms with Gasteiger partial charge in [-0.05, 0) is 26.3 Å². The second-order valence-electron chi connectivity index (χ2n) is 5.76. The smallest absolute Gasteiger partial charge is 0.306 e. The number of carbonyl (C=O) groups excluding carboxylic acids is 3. The van der Waals surface area contributed by atoms with Crippen LogP contribution in [0, 0.1) is 13.8 Å². The molecule has 0 aliphatic carbocycles. The number of esters is 1. The molecule has 9 heteroatoms. The number of nitrogens with one attached hydrogen (secondary N) is 1. The van der Waals surface area contributed by atoms with Crippen LogP contribution in [0.1, 0.15) is 41.3 Å². The van der Waals surface area contributed by atoms with Crippen molar-refractivity contribution in [1.82, 2.24) is 10.2 Å². The lowest BCUT2D eigenvalue weighted by atomic mass is 10.0. The summed E-state index contributed by atoms with van der Waals surface area (Å²) in [6.07, 6.45) is 0.0383. The summed E-state index contributed by atoms with van der Waals surface area (Å²) in [5.74, 6) is -0.476. The molecule has 1 aromatic carbocycles. The number of hydrogen-bond acceptors (Lipinski definition) is 8. The van der Waals surface area contributed by atoms with Gasteiger partial charge in [0.05, 0.1) is 18.8 Å². The number of aromatic nitrogens is 2. The minimum atomic E-state index is -0.411. The van der Waals surface area contributed by atoms with Crippen LogP contribution in [0.15, 0.2) is 22.5 Å². The highest BCUT2D eigenvalue weighted by Gasteiger charge is 2.14. The average molecular weight is 408 g/mol. The number of nitrogens with zero attached hydrogens (tertiary/aromatic N) is 2. The summed E-state index contributed by atoms with van der Waals surface area (Å²) in [4.78, 5) is 35.4. The van der Waals surface area contributed by atoms with Gasteiger partial charge in [0.15, 0.2) is 10.1 Å². The van der Waals surface area contributed by atoms with E-state index < -0.39 is 5.97 Å². The van der Waals surface area contributed by atoms with Gasteiger partial charge in [0.1, 0.15) is 0 Å². The fourth-order valence-electron chi connectivity index (χ4n) is 2.28. The molecule has 2 aromatic rings. The fourth-order valence-corrected chi connectivity index (χ4v) is 3.93. The van der Waals surface area contributed by atoms with Crippen LogP contribution in [-0.4, -0.2) is 40.2 Å². The maximum atomic E-state index is 12.4. The fraction of sp³-hybridized carbons (Fsp3) is 0.389. The number of hydrogen-bond donors (Lipinski definition) is 1. The Morgan fingerprint density at radius 1 is 1.19 bits per heavy atom. The maximum Gasteiger partial charge on any atom is 0.306 e. The normalized spacial score (nSPS) is 10.5. The molecule has 27 heavy (non-hydrogen) atoms. The van der Waals surface area contributed by atoms with Crippen molar-refractivity contribution in [3.63, 3.8) is 0 Å². The number of Topliss-reactive ketones (excluding diaryl/α,β-unsaturated/α-hetero) is 1. The van der Waals surface area contributed by atoms with E-state index in [9.17, 15) is 14.4 Å². The Bertz CT molecular complexity index is 836. The molecule has 0 bridgehead atoms. The molecule has 7 nitrogen and oxygen atoms in total. The first-order chi connectivity index (χ1) is 12.9. The predicted molar refractivity (Wildman–Crippen MR) is 105 cm³/mol. The minimum absolute atomic E-state index is 0.0183. The SMILES string of the molecule is CCOC(=O)CCC(=O)Nc1nnc(SCC(=O)c2ccc(C)cc2C)s1. The van der Waals surface area contributed by atoms with E-state index in [0.29, 0.717) is 15.0 Å². The first-order valence-corrected chi connectivity index (χ1v) is 10.2. The molecule has 0 radical (unpaired) electrons. The Hall–Kier alpha value is -2.26. The number of rotatable bonds is 9. The summed E-state index contributed by atoms with van der Waals surface area (Å²) in [7, 11) is 0. The molecule has 0 saturated heterocycles. The van der Waals surface area contributed by atoms with Crippen molar-refractivity contribution in [2.75, 3.05) is 17.7 Å². The Kier molecular flexibility index (Phi) is 7.93. The number of benzene rings is 1. The van der Waals surface area contributed by atoms with Crippen molar-refractivity contribution in [3.05, 3.63) is 34.9 Å². The first-order valence-electron chi connectivity index (χ1n) is 8.41. The van der Waals surface area contributed by atoms with E-state index in [1.807, 2.05) is 32.0 Å². The van der Waals surface area contributed by atoms with Crippen LogP contribution in [0.3, 0.4) is 0 Å². The van der Waals surface area contributed by atoms with Gasteiger partial charge in [0.2, 0.25) is 11.0 Å². The zero-order valence-electron chi connectivity index (χ0n) is 15.4. The van der Waals surface area contributed by atoms with Crippen LogP contribution >= 0.6 is 23.1 Å². The van der Waals surface area contributed by atoms with E-state index in [1.54, 1.807) is 6.92 Å². The number of ether oxygens (including phenoxy) is 1. The lowest BCUT2D eigenvalue weighted by Crippen LogP contribution is -2.14. The summed E-state index contributed by atoms with van der Waals surface area (Å²) in [5, 5.41) is 10.8. The third-order valence-corrected chi connectivity index (χ3v) is 5.50. The van der Waals surface area contributed by atoms with Crippen LogP contribution in [0.4, 0.5) is 5.13 Å². The monoisotopic (exact) mass is 407 g/mol. The third-order valence-electron chi connectivity index (χ3n) is 3.52. The van der Waals surface area contributed by atoms with Gasteiger partial charge in [0.25, 0.3) is 0 Å². The minimum Gasteiger partial charge on any atom is -0.466 e. The van der Waals surface area contributed by atoms with Gasteiger partial charge < -0.3 is 10.1 Å². The number of carbonyl (C=O) groups is 3. The molecule has 0 spiro atoms. The summed E-state index contributed by atoms with van der Waals surface area (Å²) in [6.45, 7) is 5.90. The molecule has 0 unspecified atom stereocenters. The second kappa shape index (κ2) is 10.2. The summed E-state index contributed by atoms with van der Waals surface area (Å²) in [6, 6.07) is 5.73. The van der Waals surface area contributed by atoms with Gasteiger partial charge >= 0.3 is 5.97 Å². The number of amides is 1. The van der Waals surface area contributed by atoms with Gasteiger partial charge in [-0.3, -0.25) is 14.4 Å². The summed E-state index contributed by atoms with van der Waals surface area (Å²) >= 11 is 2.47. The highest BCUT2D eigenvalue weighted by molar-refractivity contribution is 8.01. The molecule has 0 aliphatic heterocycles. The van der Waals surface area contributed by atoms with E-state index >= 15 is 0 Å². The van der Waals surface area contributed by atoms with Gasteiger partial charge in [-0.2, -0.15) is 0 Å². The zero-order valence-corrected chi connectivity index (χ0v) is 17.0. The summed E-state index contributed by atoms with van der Waals surface area (Å²) < 4.78 is 5.36. The maximum absolute atomic E-state index is 12.4. The molecule has 1 N–H and O–H groups in total. The number of ketones is 1.